The maximum absolute atomic E-state index is 12.0. The number of sulfonamides is 1. The van der Waals surface area contributed by atoms with Gasteiger partial charge in [-0.2, -0.15) is 0 Å². The van der Waals surface area contributed by atoms with Gasteiger partial charge in [0.2, 0.25) is 10.0 Å². The summed E-state index contributed by atoms with van der Waals surface area (Å²) in [6.45, 7) is 3.66. The molecule has 2 rings (SSSR count). The van der Waals surface area contributed by atoms with Gasteiger partial charge in [0.1, 0.15) is 30.3 Å². The van der Waals surface area contributed by atoms with Crippen LogP contribution in [0.25, 0.3) is 0 Å². The molecule has 0 aliphatic rings. The van der Waals surface area contributed by atoms with Crippen molar-refractivity contribution >= 4 is 16.0 Å². The molecule has 1 aromatic heterocycles. The summed E-state index contributed by atoms with van der Waals surface area (Å²) < 4.78 is 37.8. The molecule has 0 spiro atoms. The number of ether oxygens (including phenoxy) is 2. The van der Waals surface area contributed by atoms with Crippen LogP contribution in [0, 0.1) is 6.92 Å². The molecule has 0 bridgehead atoms. The first-order valence-corrected chi connectivity index (χ1v) is 8.75. The Morgan fingerprint density at radius 1 is 1.25 bits per heavy atom. The van der Waals surface area contributed by atoms with E-state index in [1.165, 1.54) is 24.3 Å². The quantitative estimate of drug-likeness (QED) is 0.589. The van der Waals surface area contributed by atoms with Crippen LogP contribution in [0.4, 0.5) is 0 Å². The van der Waals surface area contributed by atoms with Gasteiger partial charge in [0.15, 0.2) is 0 Å². The number of rotatable bonds is 7. The summed E-state index contributed by atoms with van der Waals surface area (Å²) in [5.41, 5.74) is 0.895. The van der Waals surface area contributed by atoms with Crippen LogP contribution in [-0.4, -0.2) is 32.8 Å². The molecule has 0 radical (unpaired) electrons. The number of carbonyl (C=O) groups excluding carboxylic acids is 1. The predicted molar refractivity (Wildman–Crippen MR) is 84.2 cm³/mol. The maximum Gasteiger partial charge on any atom is 0.343 e. The van der Waals surface area contributed by atoms with Gasteiger partial charge in [0.25, 0.3) is 0 Å². The monoisotopic (exact) mass is 354 g/mol. The van der Waals surface area contributed by atoms with Crippen molar-refractivity contribution in [2.45, 2.75) is 25.2 Å². The summed E-state index contributed by atoms with van der Waals surface area (Å²) >= 11 is 0. The average molecular weight is 354 g/mol. The number of hydrogen-bond acceptors (Lipinski definition) is 7. The smallest absolute Gasteiger partial charge is 0.343 e. The molecule has 0 unspecified atom stereocenters. The summed E-state index contributed by atoms with van der Waals surface area (Å²) in [5.74, 6) is 0.337. The SMILES string of the molecule is CCc1noc(C)c1C(=O)OCCOc1ccc(S(N)(=O)=O)cc1. The lowest BCUT2D eigenvalue weighted by molar-refractivity contribution is 0.0447. The zero-order valence-electron chi connectivity index (χ0n) is 13.3. The fraction of sp³-hybridized carbons (Fsp3) is 0.333. The molecule has 2 N–H and O–H groups in total. The highest BCUT2D eigenvalue weighted by Crippen LogP contribution is 2.16. The van der Waals surface area contributed by atoms with Crippen LogP contribution in [0.2, 0.25) is 0 Å². The molecule has 0 aliphatic heterocycles. The van der Waals surface area contributed by atoms with Crippen molar-refractivity contribution in [1.82, 2.24) is 5.16 Å². The third kappa shape index (κ3) is 4.33. The predicted octanol–water partition coefficient (Wildman–Crippen LogP) is 1.43. The van der Waals surface area contributed by atoms with Crippen molar-refractivity contribution in [3.8, 4) is 5.75 Å². The number of primary sulfonamides is 1. The van der Waals surface area contributed by atoms with Gasteiger partial charge >= 0.3 is 5.97 Å². The molecule has 130 valence electrons. The van der Waals surface area contributed by atoms with E-state index in [-0.39, 0.29) is 18.1 Å². The molecular weight excluding hydrogens is 336 g/mol. The van der Waals surface area contributed by atoms with Crippen LogP contribution in [0.3, 0.4) is 0 Å². The van der Waals surface area contributed by atoms with Crippen molar-refractivity contribution < 1.29 is 27.2 Å². The molecule has 2 aromatic rings. The largest absolute Gasteiger partial charge is 0.490 e. The number of carbonyl (C=O) groups is 1. The molecule has 8 nitrogen and oxygen atoms in total. The molecule has 1 aromatic carbocycles. The molecule has 0 amide bonds. The average Bonchev–Trinajstić information content (AvgIpc) is 2.92. The Balaban J connectivity index is 1.84. The van der Waals surface area contributed by atoms with E-state index in [1.54, 1.807) is 6.92 Å². The summed E-state index contributed by atoms with van der Waals surface area (Å²) in [6.07, 6.45) is 0.564. The molecule has 9 heteroatoms. The first-order chi connectivity index (χ1) is 11.3. The zero-order valence-corrected chi connectivity index (χ0v) is 14.1. The van der Waals surface area contributed by atoms with Crippen molar-refractivity contribution in [2.24, 2.45) is 5.14 Å². The van der Waals surface area contributed by atoms with E-state index in [4.69, 9.17) is 19.1 Å². The van der Waals surface area contributed by atoms with Gasteiger partial charge in [-0.15, -0.1) is 0 Å². The van der Waals surface area contributed by atoms with Gasteiger partial charge in [-0.05, 0) is 37.6 Å². The Morgan fingerprint density at radius 3 is 2.50 bits per heavy atom. The number of nitrogens with zero attached hydrogens (tertiary/aromatic N) is 1. The van der Waals surface area contributed by atoms with Gasteiger partial charge < -0.3 is 14.0 Å². The molecule has 0 aliphatic carbocycles. The highest BCUT2D eigenvalue weighted by Gasteiger charge is 2.20. The lowest BCUT2D eigenvalue weighted by atomic mass is 10.1. The maximum atomic E-state index is 12.0. The fourth-order valence-corrected chi connectivity index (χ4v) is 2.53. The summed E-state index contributed by atoms with van der Waals surface area (Å²) in [7, 11) is -3.73. The lowest BCUT2D eigenvalue weighted by Gasteiger charge is -2.08. The van der Waals surface area contributed by atoms with E-state index in [2.05, 4.69) is 5.16 Å². The van der Waals surface area contributed by atoms with Gasteiger partial charge in [-0.1, -0.05) is 12.1 Å². The van der Waals surface area contributed by atoms with E-state index < -0.39 is 16.0 Å². The molecule has 0 fully saturated rings. The molecule has 0 saturated carbocycles. The first-order valence-electron chi connectivity index (χ1n) is 7.21. The van der Waals surface area contributed by atoms with Crippen LogP contribution in [0.5, 0.6) is 5.75 Å². The third-order valence-electron chi connectivity index (χ3n) is 3.21. The van der Waals surface area contributed by atoms with Crippen molar-refractivity contribution in [1.29, 1.82) is 0 Å². The summed E-state index contributed by atoms with van der Waals surface area (Å²) in [5, 5.41) is 8.80. The van der Waals surface area contributed by atoms with Crippen molar-refractivity contribution in [2.75, 3.05) is 13.2 Å². The summed E-state index contributed by atoms with van der Waals surface area (Å²) in [6, 6.07) is 5.62. The Bertz CT molecular complexity index is 811. The van der Waals surface area contributed by atoms with E-state index >= 15 is 0 Å². The Kier molecular flexibility index (Phi) is 5.58. The number of benzene rings is 1. The van der Waals surface area contributed by atoms with E-state index in [1.807, 2.05) is 6.92 Å². The third-order valence-corrected chi connectivity index (χ3v) is 4.14. The molecule has 0 atom stereocenters. The van der Waals surface area contributed by atoms with Crippen LogP contribution in [0.1, 0.15) is 28.7 Å². The lowest BCUT2D eigenvalue weighted by Crippen LogP contribution is -2.14. The zero-order chi connectivity index (χ0) is 17.7. The van der Waals surface area contributed by atoms with Crippen LogP contribution < -0.4 is 9.88 Å². The van der Waals surface area contributed by atoms with Gasteiger partial charge in [-0.25, -0.2) is 18.4 Å². The second-order valence-electron chi connectivity index (χ2n) is 4.91. The molecule has 0 saturated heterocycles. The second kappa shape index (κ2) is 7.45. The minimum Gasteiger partial charge on any atom is -0.490 e. The topological polar surface area (TPSA) is 122 Å². The minimum absolute atomic E-state index is 0.00342. The molecule has 24 heavy (non-hydrogen) atoms. The normalized spacial score (nSPS) is 11.3. The number of aryl methyl sites for hydroxylation is 2. The summed E-state index contributed by atoms with van der Waals surface area (Å²) in [4.78, 5) is 12.0. The fourth-order valence-electron chi connectivity index (χ4n) is 2.01. The number of esters is 1. The van der Waals surface area contributed by atoms with E-state index in [0.717, 1.165) is 0 Å². The second-order valence-corrected chi connectivity index (χ2v) is 6.48. The standard InChI is InChI=1S/C15H18N2O6S/c1-3-13-14(10(2)23-17-13)15(18)22-9-8-21-11-4-6-12(7-5-11)24(16,19)20/h4-7H,3,8-9H2,1-2H3,(H2,16,19,20). The van der Waals surface area contributed by atoms with E-state index in [0.29, 0.717) is 29.2 Å². The molecule has 1 heterocycles. The Morgan fingerprint density at radius 2 is 1.92 bits per heavy atom. The van der Waals surface area contributed by atoms with Crippen LogP contribution in [-0.2, 0) is 21.2 Å². The first kappa shape index (κ1) is 18.0. The molecular formula is C15H18N2O6S. The Labute approximate surface area is 139 Å². The number of aromatic nitrogens is 1. The number of hydrogen-bond donors (Lipinski definition) is 1. The van der Waals surface area contributed by atoms with Crippen molar-refractivity contribution in [3.05, 3.63) is 41.3 Å². The highest BCUT2D eigenvalue weighted by atomic mass is 32.2. The minimum atomic E-state index is -3.73. The van der Waals surface area contributed by atoms with E-state index in [9.17, 15) is 13.2 Å². The van der Waals surface area contributed by atoms with Gasteiger partial charge in [0.05, 0.1) is 10.6 Å². The van der Waals surface area contributed by atoms with Crippen LogP contribution in [0.15, 0.2) is 33.7 Å². The van der Waals surface area contributed by atoms with Crippen LogP contribution >= 0.6 is 0 Å². The number of nitrogens with two attached hydrogens (primary N) is 1. The van der Waals surface area contributed by atoms with Gasteiger partial charge in [-0.3, -0.25) is 0 Å². The highest BCUT2D eigenvalue weighted by molar-refractivity contribution is 7.89. The van der Waals surface area contributed by atoms with Gasteiger partial charge in [0, 0.05) is 0 Å². The Hall–Kier alpha value is -2.39. The van der Waals surface area contributed by atoms with Crippen molar-refractivity contribution in [3.63, 3.8) is 0 Å².